The lowest BCUT2D eigenvalue weighted by molar-refractivity contribution is 0.0995. The number of benzene rings is 1. The maximum Gasteiger partial charge on any atom is 0.291 e. The highest BCUT2D eigenvalue weighted by molar-refractivity contribution is 7.18. The third-order valence-electron chi connectivity index (χ3n) is 3.76. The average molecular weight is 394 g/mol. The van der Waals surface area contributed by atoms with Crippen molar-refractivity contribution in [3.63, 3.8) is 0 Å². The highest BCUT2D eigenvalue weighted by Gasteiger charge is 2.16. The van der Waals surface area contributed by atoms with Crippen molar-refractivity contribution in [2.75, 3.05) is 10.6 Å². The van der Waals surface area contributed by atoms with E-state index in [1.807, 2.05) is 6.07 Å². The summed E-state index contributed by atoms with van der Waals surface area (Å²) in [6, 6.07) is 13.7. The van der Waals surface area contributed by atoms with Gasteiger partial charge in [0.2, 0.25) is 11.7 Å². The first-order valence-corrected chi connectivity index (χ1v) is 9.07. The van der Waals surface area contributed by atoms with Crippen LogP contribution in [0.1, 0.15) is 26.1 Å². The summed E-state index contributed by atoms with van der Waals surface area (Å²) in [5, 5.41) is 9.98. The van der Waals surface area contributed by atoms with E-state index in [0.29, 0.717) is 32.8 Å². The second-order valence-electron chi connectivity index (χ2n) is 5.73. The summed E-state index contributed by atoms with van der Waals surface area (Å²) in [6.45, 7) is 1.70. The fourth-order valence-electron chi connectivity index (χ4n) is 2.49. The number of nitrogens with one attached hydrogen (secondary N) is 2. The Morgan fingerprint density at radius 3 is 2.61 bits per heavy atom. The Morgan fingerprint density at radius 1 is 1.00 bits per heavy atom. The number of furan rings is 1. The molecule has 3 aromatic heterocycles. The van der Waals surface area contributed by atoms with Crippen molar-refractivity contribution >= 4 is 33.8 Å². The molecule has 0 spiro atoms. The zero-order valence-electron chi connectivity index (χ0n) is 14.6. The van der Waals surface area contributed by atoms with Crippen LogP contribution >= 0.6 is 11.3 Å². The predicted molar refractivity (Wildman–Crippen MR) is 103 cm³/mol. The molecule has 0 radical (unpaired) electrons. The fraction of sp³-hybridized carbons (Fsp3) is 0.0526. The van der Waals surface area contributed by atoms with Gasteiger partial charge in [-0.3, -0.25) is 9.59 Å². The molecular formula is C19H14N4O4S. The van der Waals surface area contributed by atoms with Crippen molar-refractivity contribution in [3.8, 4) is 11.4 Å². The molecule has 4 aromatic rings. The van der Waals surface area contributed by atoms with Crippen molar-refractivity contribution in [1.82, 2.24) is 10.1 Å². The molecule has 0 saturated heterocycles. The first-order valence-electron chi connectivity index (χ1n) is 8.26. The molecule has 0 aliphatic heterocycles. The monoisotopic (exact) mass is 394 g/mol. The van der Waals surface area contributed by atoms with Crippen LogP contribution in [0, 0.1) is 6.92 Å². The maximum atomic E-state index is 12.6. The molecule has 140 valence electrons. The van der Waals surface area contributed by atoms with E-state index in [0.717, 1.165) is 11.3 Å². The zero-order chi connectivity index (χ0) is 19.5. The van der Waals surface area contributed by atoms with Gasteiger partial charge in [0, 0.05) is 12.5 Å². The number of rotatable bonds is 5. The van der Waals surface area contributed by atoms with E-state index in [1.165, 1.54) is 6.26 Å². The zero-order valence-corrected chi connectivity index (χ0v) is 15.4. The molecule has 0 aliphatic rings. The van der Waals surface area contributed by atoms with Gasteiger partial charge in [0.05, 0.1) is 21.8 Å². The van der Waals surface area contributed by atoms with Gasteiger partial charge in [0.15, 0.2) is 5.76 Å². The number of amides is 2. The number of carbonyl (C=O) groups excluding carboxylic acids is 2. The third kappa shape index (κ3) is 3.69. The molecule has 9 heteroatoms. The summed E-state index contributed by atoms with van der Waals surface area (Å²) in [6.07, 6.45) is 1.42. The lowest BCUT2D eigenvalue weighted by Crippen LogP contribution is -2.11. The smallest absolute Gasteiger partial charge is 0.291 e. The van der Waals surface area contributed by atoms with E-state index < -0.39 is 0 Å². The van der Waals surface area contributed by atoms with Crippen molar-refractivity contribution in [2.45, 2.75) is 6.92 Å². The van der Waals surface area contributed by atoms with Crippen LogP contribution in [0.4, 0.5) is 10.7 Å². The summed E-state index contributed by atoms with van der Waals surface area (Å²) in [5.74, 6) is 0.342. The molecule has 0 saturated carbocycles. The van der Waals surface area contributed by atoms with E-state index >= 15 is 0 Å². The Balaban J connectivity index is 1.49. The largest absolute Gasteiger partial charge is 0.459 e. The number of aryl methyl sites for hydroxylation is 1. The Labute approximate surface area is 163 Å². The van der Waals surface area contributed by atoms with Gasteiger partial charge in [-0.05, 0) is 36.4 Å². The molecule has 1 aromatic carbocycles. The number of thiophene rings is 1. The number of para-hydroxylation sites is 1. The quantitative estimate of drug-likeness (QED) is 0.525. The lowest BCUT2D eigenvalue weighted by atomic mass is 10.1. The molecule has 3 heterocycles. The van der Waals surface area contributed by atoms with Crippen LogP contribution in [0.2, 0.25) is 0 Å². The average Bonchev–Trinajstić information content (AvgIpc) is 3.44. The van der Waals surface area contributed by atoms with Crippen LogP contribution in [0.15, 0.2) is 63.7 Å². The van der Waals surface area contributed by atoms with Crippen LogP contribution < -0.4 is 10.6 Å². The fourth-order valence-corrected chi connectivity index (χ4v) is 3.28. The number of hydrogen-bond acceptors (Lipinski definition) is 7. The number of aromatic nitrogens is 2. The molecule has 0 atom stereocenters. The molecule has 28 heavy (non-hydrogen) atoms. The maximum absolute atomic E-state index is 12.6. The summed E-state index contributed by atoms with van der Waals surface area (Å²) < 4.78 is 10.1. The Morgan fingerprint density at radius 2 is 1.86 bits per heavy atom. The van der Waals surface area contributed by atoms with E-state index in [-0.39, 0.29) is 17.6 Å². The number of anilines is 2. The van der Waals surface area contributed by atoms with Gasteiger partial charge in [-0.25, -0.2) is 0 Å². The highest BCUT2D eigenvalue weighted by atomic mass is 32.1. The highest BCUT2D eigenvalue weighted by Crippen LogP contribution is 2.28. The Bertz CT molecular complexity index is 1130. The minimum Gasteiger partial charge on any atom is -0.459 e. The SMILES string of the molecule is Cc1nc(-c2ccccc2NC(=O)c2ccc(NC(=O)c3ccco3)s2)no1. The van der Waals surface area contributed by atoms with Crippen LogP contribution in [-0.2, 0) is 0 Å². The number of nitrogens with zero attached hydrogens (tertiary/aromatic N) is 2. The second kappa shape index (κ2) is 7.49. The summed E-state index contributed by atoms with van der Waals surface area (Å²) >= 11 is 1.16. The normalized spacial score (nSPS) is 10.6. The predicted octanol–water partition coefficient (Wildman–Crippen LogP) is 4.20. The molecule has 8 nitrogen and oxygen atoms in total. The van der Waals surface area contributed by atoms with E-state index in [1.54, 1.807) is 49.4 Å². The van der Waals surface area contributed by atoms with Gasteiger partial charge in [0.1, 0.15) is 0 Å². The van der Waals surface area contributed by atoms with Gasteiger partial charge in [-0.15, -0.1) is 11.3 Å². The van der Waals surface area contributed by atoms with Crippen molar-refractivity contribution in [1.29, 1.82) is 0 Å². The van der Waals surface area contributed by atoms with Crippen molar-refractivity contribution < 1.29 is 18.5 Å². The summed E-state index contributed by atoms with van der Waals surface area (Å²) in [7, 11) is 0. The number of carbonyl (C=O) groups is 2. The summed E-state index contributed by atoms with van der Waals surface area (Å²) in [5.41, 5.74) is 1.21. The molecule has 0 unspecified atom stereocenters. The first-order chi connectivity index (χ1) is 13.6. The van der Waals surface area contributed by atoms with E-state index in [9.17, 15) is 9.59 Å². The van der Waals surface area contributed by atoms with Gasteiger partial charge >= 0.3 is 0 Å². The van der Waals surface area contributed by atoms with Gasteiger partial charge in [-0.1, -0.05) is 17.3 Å². The lowest BCUT2D eigenvalue weighted by Gasteiger charge is -2.07. The first kappa shape index (κ1) is 17.7. The van der Waals surface area contributed by atoms with Gasteiger partial charge in [-0.2, -0.15) is 4.98 Å². The Hall–Kier alpha value is -3.72. The standard InChI is InChI=1S/C19H14N4O4S/c1-11-20-17(23-27-11)12-5-2-3-6-13(12)21-19(25)15-8-9-16(28-15)22-18(24)14-7-4-10-26-14/h2-10H,1H3,(H,21,25)(H,22,24). The van der Waals surface area contributed by atoms with Crippen LogP contribution in [0.5, 0.6) is 0 Å². The summed E-state index contributed by atoms with van der Waals surface area (Å²) in [4.78, 5) is 29.3. The minimum atomic E-state index is -0.378. The molecular weight excluding hydrogens is 380 g/mol. The molecule has 2 amide bonds. The van der Waals surface area contributed by atoms with Crippen molar-refractivity contribution in [3.05, 3.63) is 71.3 Å². The van der Waals surface area contributed by atoms with Crippen molar-refractivity contribution in [2.24, 2.45) is 0 Å². The second-order valence-corrected chi connectivity index (χ2v) is 6.82. The van der Waals surface area contributed by atoms with Gasteiger partial charge < -0.3 is 19.6 Å². The topological polar surface area (TPSA) is 110 Å². The third-order valence-corrected chi connectivity index (χ3v) is 4.75. The molecule has 0 fully saturated rings. The van der Waals surface area contributed by atoms with E-state index in [2.05, 4.69) is 20.8 Å². The Kier molecular flexibility index (Phi) is 4.73. The van der Waals surface area contributed by atoms with Crippen LogP contribution in [0.3, 0.4) is 0 Å². The van der Waals surface area contributed by atoms with E-state index in [4.69, 9.17) is 8.94 Å². The molecule has 2 N–H and O–H groups in total. The molecule has 0 aliphatic carbocycles. The van der Waals surface area contributed by atoms with Gasteiger partial charge in [0.25, 0.3) is 11.8 Å². The number of hydrogen-bond donors (Lipinski definition) is 2. The van der Waals surface area contributed by atoms with Crippen LogP contribution in [-0.4, -0.2) is 22.0 Å². The molecule has 0 bridgehead atoms. The minimum absolute atomic E-state index is 0.198. The molecule has 4 rings (SSSR count). The van der Waals surface area contributed by atoms with Crippen LogP contribution in [0.25, 0.3) is 11.4 Å².